The van der Waals surface area contributed by atoms with Crippen LogP contribution in [0.4, 0.5) is 4.39 Å². The maximum atomic E-state index is 13.3. The van der Waals surface area contributed by atoms with Gasteiger partial charge in [0.05, 0.1) is 0 Å². The molecule has 0 aliphatic heterocycles. The Labute approximate surface area is 142 Å². The quantitative estimate of drug-likeness (QED) is 0.460. The van der Waals surface area contributed by atoms with Crippen molar-refractivity contribution >= 4 is 27.6 Å². The van der Waals surface area contributed by atoms with Gasteiger partial charge in [0.15, 0.2) is 5.78 Å². The number of rotatable bonds is 3. The summed E-state index contributed by atoms with van der Waals surface area (Å²) in [4.78, 5) is 31.5. The Balaban J connectivity index is 1.79. The zero-order valence-corrected chi connectivity index (χ0v) is 13.1. The topological polar surface area (TPSA) is 62.8 Å². The minimum Gasteiger partial charge on any atom is -0.306 e. The first kappa shape index (κ1) is 15.2. The van der Waals surface area contributed by atoms with E-state index in [1.54, 1.807) is 24.4 Å². The number of aromatic amines is 1. The van der Waals surface area contributed by atoms with Gasteiger partial charge in [-0.1, -0.05) is 30.3 Å². The number of carbonyl (C=O) groups excluding carboxylic acids is 1. The summed E-state index contributed by atoms with van der Waals surface area (Å²) < 4.78 is 13.3. The van der Waals surface area contributed by atoms with Crippen LogP contribution in [0.15, 0.2) is 65.6 Å². The molecule has 5 heteroatoms. The Hall–Kier alpha value is -3.34. The molecule has 1 N–H and O–H groups in total. The lowest BCUT2D eigenvalue weighted by Gasteiger charge is -2.06. The van der Waals surface area contributed by atoms with Gasteiger partial charge in [-0.2, -0.15) is 0 Å². The van der Waals surface area contributed by atoms with Crippen LogP contribution in [0, 0.1) is 5.82 Å². The second-order valence-electron chi connectivity index (χ2n) is 5.85. The van der Waals surface area contributed by atoms with Crippen LogP contribution < -0.4 is 5.56 Å². The summed E-state index contributed by atoms with van der Waals surface area (Å²) in [6, 6.07) is 14.7. The molecule has 0 unspecified atom stereocenters. The lowest BCUT2D eigenvalue weighted by atomic mass is 10.0. The predicted molar refractivity (Wildman–Crippen MR) is 94.3 cm³/mol. The highest BCUT2D eigenvalue weighted by Crippen LogP contribution is 2.21. The summed E-state index contributed by atoms with van der Waals surface area (Å²) in [6.07, 6.45) is 1.67. The fourth-order valence-corrected chi connectivity index (χ4v) is 2.95. The summed E-state index contributed by atoms with van der Waals surface area (Å²) in [5.41, 5.74) is 1.32. The second kappa shape index (κ2) is 5.94. The molecule has 122 valence electrons. The molecule has 0 fully saturated rings. The fourth-order valence-electron chi connectivity index (χ4n) is 2.95. The molecule has 0 atom stereocenters. The van der Waals surface area contributed by atoms with Crippen molar-refractivity contribution in [1.82, 2.24) is 9.97 Å². The smallest absolute Gasteiger partial charge is 0.257 e. The second-order valence-corrected chi connectivity index (χ2v) is 5.85. The zero-order valence-electron chi connectivity index (χ0n) is 13.1. The molecular formula is C20H13FN2O2. The first-order valence-corrected chi connectivity index (χ1v) is 7.80. The highest BCUT2D eigenvalue weighted by Gasteiger charge is 2.11. The third kappa shape index (κ3) is 2.80. The molecule has 0 spiro atoms. The predicted octanol–water partition coefficient (Wildman–Crippen LogP) is 3.64. The van der Waals surface area contributed by atoms with E-state index in [-0.39, 0.29) is 17.8 Å². The molecular weight excluding hydrogens is 319 g/mol. The number of halogens is 1. The van der Waals surface area contributed by atoms with E-state index in [9.17, 15) is 14.0 Å². The van der Waals surface area contributed by atoms with E-state index in [1.807, 2.05) is 18.2 Å². The van der Waals surface area contributed by atoms with Crippen LogP contribution in [0.25, 0.3) is 21.8 Å². The number of hydrogen-bond acceptors (Lipinski definition) is 3. The van der Waals surface area contributed by atoms with Crippen LogP contribution in [0.1, 0.15) is 15.9 Å². The van der Waals surface area contributed by atoms with Crippen molar-refractivity contribution in [3.63, 3.8) is 0 Å². The van der Waals surface area contributed by atoms with Crippen molar-refractivity contribution in [2.24, 2.45) is 0 Å². The van der Waals surface area contributed by atoms with E-state index < -0.39 is 5.82 Å². The number of aromatic nitrogens is 2. The average molecular weight is 332 g/mol. The van der Waals surface area contributed by atoms with Gasteiger partial charge in [-0.3, -0.25) is 9.59 Å². The molecule has 0 aliphatic rings. The van der Waals surface area contributed by atoms with Crippen molar-refractivity contribution in [2.45, 2.75) is 6.42 Å². The van der Waals surface area contributed by atoms with Crippen LogP contribution in [0.2, 0.25) is 0 Å². The molecule has 0 saturated heterocycles. The number of fused-ring (bicyclic) bond motifs is 3. The molecule has 0 aliphatic carbocycles. The number of ketones is 1. The summed E-state index contributed by atoms with van der Waals surface area (Å²) in [5, 5.41) is 2.14. The normalized spacial score (nSPS) is 11.1. The zero-order chi connectivity index (χ0) is 17.4. The van der Waals surface area contributed by atoms with Crippen LogP contribution in [0.3, 0.4) is 0 Å². The van der Waals surface area contributed by atoms with Gasteiger partial charge in [0.2, 0.25) is 0 Å². The first-order valence-electron chi connectivity index (χ1n) is 7.80. The van der Waals surface area contributed by atoms with Crippen LogP contribution in [-0.2, 0) is 6.42 Å². The Kier molecular flexibility index (Phi) is 3.61. The minimum absolute atomic E-state index is 0.111. The molecule has 0 bridgehead atoms. The van der Waals surface area contributed by atoms with Gasteiger partial charge in [-0.15, -0.1) is 0 Å². The number of pyridine rings is 2. The lowest BCUT2D eigenvalue weighted by molar-refractivity contribution is 0.0992. The standard InChI is InChI=1S/C20H13FN2O2/c21-14-5-3-4-13(10-14)18(24)9-12-8-17-15-6-1-2-7-16(15)20(25)23-19(17)22-11-12/h1-8,10-11H,9H2,(H,22,23,25). The summed E-state index contributed by atoms with van der Waals surface area (Å²) in [7, 11) is 0. The molecule has 2 aromatic heterocycles. The Morgan fingerprint density at radius 1 is 1.00 bits per heavy atom. The van der Waals surface area contributed by atoms with E-state index >= 15 is 0 Å². The molecule has 4 rings (SSSR count). The molecule has 0 amide bonds. The van der Waals surface area contributed by atoms with E-state index in [0.29, 0.717) is 22.2 Å². The fraction of sp³-hybridized carbons (Fsp3) is 0.0500. The van der Waals surface area contributed by atoms with E-state index in [4.69, 9.17) is 0 Å². The molecule has 4 nitrogen and oxygen atoms in total. The molecule has 2 heterocycles. The van der Waals surface area contributed by atoms with Crippen LogP contribution in [0.5, 0.6) is 0 Å². The van der Waals surface area contributed by atoms with Crippen LogP contribution >= 0.6 is 0 Å². The molecule has 4 aromatic rings. The highest BCUT2D eigenvalue weighted by atomic mass is 19.1. The molecule has 0 saturated carbocycles. The Morgan fingerprint density at radius 2 is 1.80 bits per heavy atom. The molecule has 25 heavy (non-hydrogen) atoms. The molecule has 0 radical (unpaired) electrons. The van der Waals surface area contributed by atoms with Gasteiger partial charge in [-0.05, 0) is 35.2 Å². The van der Waals surface area contributed by atoms with Crippen molar-refractivity contribution in [3.8, 4) is 0 Å². The van der Waals surface area contributed by atoms with Gasteiger partial charge >= 0.3 is 0 Å². The van der Waals surface area contributed by atoms with Gasteiger partial charge in [-0.25, -0.2) is 9.37 Å². The molecule has 2 aromatic carbocycles. The van der Waals surface area contributed by atoms with Crippen LogP contribution in [-0.4, -0.2) is 15.8 Å². The van der Waals surface area contributed by atoms with Gasteiger partial charge in [0.1, 0.15) is 11.5 Å². The monoisotopic (exact) mass is 332 g/mol. The minimum atomic E-state index is -0.439. The average Bonchev–Trinajstić information content (AvgIpc) is 2.62. The summed E-state index contributed by atoms with van der Waals surface area (Å²) in [5.74, 6) is -0.625. The van der Waals surface area contributed by atoms with Gasteiger partial charge in [0.25, 0.3) is 5.56 Å². The number of Topliss-reactive ketones (excluding diaryl/α,β-unsaturated/α-hetero) is 1. The summed E-state index contributed by atoms with van der Waals surface area (Å²) >= 11 is 0. The first-order chi connectivity index (χ1) is 12.1. The Bertz CT molecular complexity index is 1180. The number of nitrogens with zero attached hydrogens (tertiary/aromatic N) is 1. The van der Waals surface area contributed by atoms with Crippen molar-refractivity contribution in [2.75, 3.05) is 0 Å². The van der Waals surface area contributed by atoms with E-state index in [0.717, 1.165) is 10.8 Å². The van der Waals surface area contributed by atoms with Crippen molar-refractivity contribution in [3.05, 3.63) is 88.1 Å². The van der Waals surface area contributed by atoms with Gasteiger partial charge in [0, 0.05) is 29.0 Å². The number of nitrogens with one attached hydrogen (secondary N) is 1. The van der Waals surface area contributed by atoms with Crippen molar-refractivity contribution < 1.29 is 9.18 Å². The lowest BCUT2D eigenvalue weighted by Crippen LogP contribution is -2.08. The maximum Gasteiger partial charge on any atom is 0.257 e. The number of H-pyrrole nitrogens is 1. The summed E-state index contributed by atoms with van der Waals surface area (Å²) in [6.45, 7) is 0. The largest absolute Gasteiger partial charge is 0.306 e. The van der Waals surface area contributed by atoms with Crippen molar-refractivity contribution in [1.29, 1.82) is 0 Å². The third-order valence-electron chi connectivity index (χ3n) is 4.15. The maximum absolute atomic E-state index is 13.3. The number of carbonyl (C=O) groups is 1. The SMILES string of the molecule is O=C(Cc1cnc2[nH]c(=O)c3ccccc3c2c1)c1cccc(F)c1. The van der Waals surface area contributed by atoms with E-state index in [1.165, 1.54) is 18.2 Å². The number of hydrogen-bond donors (Lipinski definition) is 1. The Morgan fingerprint density at radius 3 is 2.60 bits per heavy atom. The number of benzene rings is 2. The third-order valence-corrected chi connectivity index (χ3v) is 4.15. The van der Waals surface area contributed by atoms with E-state index in [2.05, 4.69) is 9.97 Å². The van der Waals surface area contributed by atoms with Gasteiger partial charge < -0.3 is 4.98 Å². The highest BCUT2D eigenvalue weighted by molar-refractivity contribution is 6.04.